The fraction of sp³-hybridized carbons (Fsp3) is 0.556. The van der Waals surface area contributed by atoms with Crippen molar-refractivity contribution in [2.24, 2.45) is 0 Å². The lowest BCUT2D eigenvalue weighted by Gasteiger charge is -2.10. The van der Waals surface area contributed by atoms with E-state index in [9.17, 15) is 4.79 Å². The van der Waals surface area contributed by atoms with Crippen LogP contribution in [0.4, 0.5) is 0 Å². The average molecular weight is 212 g/mol. The molecule has 1 aliphatic rings. The summed E-state index contributed by atoms with van der Waals surface area (Å²) in [5, 5.41) is 6.90. The Hall–Kier alpha value is -0.970. The number of carbonyl (C=O) groups is 1. The summed E-state index contributed by atoms with van der Waals surface area (Å²) in [6, 6.07) is 0. The van der Waals surface area contributed by atoms with E-state index in [1.165, 1.54) is 0 Å². The molecule has 0 spiro atoms. The Kier molecular flexibility index (Phi) is 2.77. The summed E-state index contributed by atoms with van der Waals surface area (Å²) in [4.78, 5) is 11.5. The summed E-state index contributed by atoms with van der Waals surface area (Å²) in [6.07, 6.45) is 0.907. The predicted molar refractivity (Wildman–Crippen MR) is 54.4 cm³/mol. The number of rotatable bonds is 2. The van der Waals surface area contributed by atoms with E-state index in [-0.39, 0.29) is 5.97 Å². The molecule has 0 saturated carbocycles. The van der Waals surface area contributed by atoms with Crippen LogP contribution in [0, 0.1) is 0 Å². The van der Waals surface area contributed by atoms with Gasteiger partial charge in [-0.1, -0.05) is 0 Å². The predicted octanol–water partition coefficient (Wildman–Crippen LogP) is 1.38. The topological polar surface area (TPSA) is 55.0 Å². The Balaban J connectivity index is 2.25. The molecule has 0 aliphatic carbocycles. The van der Waals surface area contributed by atoms with Crippen molar-refractivity contribution in [2.45, 2.75) is 19.1 Å². The van der Waals surface area contributed by atoms with E-state index in [0.29, 0.717) is 12.3 Å². The number of ether oxygens (including phenoxy) is 1. The van der Waals surface area contributed by atoms with Crippen LogP contribution in [0.3, 0.4) is 0 Å². The van der Waals surface area contributed by atoms with E-state index >= 15 is 0 Å². The molecular weight excluding hydrogens is 200 g/mol. The second kappa shape index (κ2) is 4.04. The van der Waals surface area contributed by atoms with Gasteiger partial charge in [-0.15, -0.1) is 0 Å². The summed E-state index contributed by atoms with van der Waals surface area (Å²) < 4.78 is 4.92. The van der Waals surface area contributed by atoms with Crippen molar-refractivity contribution in [1.82, 2.24) is 10.2 Å². The first-order chi connectivity index (χ1) is 6.83. The molecule has 2 rings (SSSR count). The molecule has 4 nitrogen and oxygen atoms in total. The standard InChI is InChI=1S/C9H12N2O2S/c1-2-13-9(12)8-6-3-4-14-5-7(6)10-11-8/h2-5H2,1H3,(H,10,11). The summed E-state index contributed by atoms with van der Waals surface area (Å²) >= 11 is 1.85. The highest BCUT2D eigenvalue weighted by Crippen LogP contribution is 2.25. The monoisotopic (exact) mass is 212 g/mol. The number of hydrogen-bond donors (Lipinski definition) is 1. The zero-order valence-corrected chi connectivity index (χ0v) is 8.82. The van der Waals surface area contributed by atoms with Crippen molar-refractivity contribution in [1.29, 1.82) is 0 Å². The van der Waals surface area contributed by atoms with E-state index in [1.807, 2.05) is 11.8 Å². The van der Waals surface area contributed by atoms with Gasteiger partial charge in [-0.3, -0.25) is 5.10 Å². The van der Waals surface area contributed by atoms with Crippen molar-refractivity contribution in [2.75, 3.05) is 12.4 Å². The maximum Gasteiger partial charge on any atom is 0.359 e. The smallest absolute Gasteiger partial charge is 0.359 e. The molecule has 0 unspecified atom stereocenters. The molecule has 1 aromatic rings. The molecule has 2 heterocycles. The van der Waals surface area contributed by atoms with Gasteiger partial charge < -0.3 is 4.74 Å². The Labute approximate surface area is 86.4 Å². The number of aromatic amines is 1. The number of thioether (sulfide) groups is 1. The average Bonchev–Trinajstić information content (AvgIpc) is 2.61. The molecule has 0 saturated heterocycles. The van der Waals surface area contributed by atoms with Crippen molar-refractivity contribution < 1.29 is 9.53 Å². The van der Waals surface area contributed by atoms with Gasteiger partial charge >= 0.3 is 5.97 Å². The van der Waals surface area contributed by atoms with Gasteiger partial charge in [0.25, 0.3) is 0 Å². The number of fused-ring (bicyclic) bond motifs is 1. The van der Waals surface area contributed by atoms with E-state index in [0.717, 1.165) is 29.2 Å². The van der Waals surface area contributed by atoms with Crippen LogP contribution in [0.15, 0.2) is 0 Å². The molecule has 1 N–H and O–H groups in total. The van der Waals surface area contributed by atoms with Crippen LogP contribution in [0.1, 0.15) is 28.7 Å². The Bertz CT molecular complexity index is 349. The quantitative estimate of drug-likeness (QED) is 0.752. The number of hydrogen-bond acceptors (Lipinski definition) is 4. The van der Waals surface area contributed by atoms with Crippen LogP contribution in [0.25, 0.3) is 0 Å². The number of nitrogens with one attached hydrogen (secondary N) is 1. The van der Waals surface area contributed by atoms with Crippen LogP contribution in [0.5, 0.6) is 0 Å². The molecular formula is C9H12N2O2S. The SMILES string of the molecule is CCOC(=O)c1n[nH]c2c1CCSC2. The Morgan fingerprint density at radius 2 is 2.57 bits per heavy atom. The largest absolute Gasteiger partial charge is 0.461 e. The van der Waals surface area contributed by atoms with Gasteiger partial charge in [0.15, 0.2) is 5.69 Å². The van der Waals surface area contributed by atoms with Crippen molar-refractivity contribution in [3.05, 3.63) is 17.0 Å². The third kappa shape index (κ3) is 1.64. The third-order valence-corrected chi connectivity index (χ3v) is 3.15. The maximum absolute atomic E-state index is 11.5. The van der Waals surface area contributed by atoms with E-state index < -0.39 is 0 Å². The van der Waals surface area contributed by atoms with Gasteiger partial charge in [0.1, 0.15) is 0 Å². The van der Waals surface area contributed by atoms with Gasteiger partial charge in [-0.05, 0) is 19.1 Å². The second-order valence-electron chi connectivity index (χ2n) is 3.05. The molecule has 0 radical (unpaired) electrons. The second-order valence-corrected chi connectivity index (χ2v) is 4.16. The number of H-pyrrole nitrogens is 1. The van der Waals surface area contributed by atoms with E-state index in [4.69, 9.17) is 4.74 Å². The van der Waals surface area contributed by atoms with Crippen LogP contribution in [0.2, 0.25) is 0 Å². The summed E-state index contributed by atoms with van der Waals surface area (Å²) in [5.41, 5.74) is 2.59. The lowest BCUT2D eigenvalue weighted by Crippen LogP contribution is -2.10. The first-order valence-corrected chi connectivity index (χ1v) is 5.79. The number of carbonyl (C=O) groups excluding carboxylic acids is 1. The molecule has 76 valence electrons. The molecule has 0 bridgehead atoms. The van der Waals surface area contributed by atoms with Crippen LogP contribution >= 0.6 is 11.8 Å². The number of esters is 1. The molecule has 0 fully saturated rings. The van der Waals surface area contributed by atoms with E-state index in [1.54, 1.807) is 6.92 Å². The molecule has 1 aliphatic heterocycles. The first kappa shape index (κ1) is 9.58. The van der Waals surface area contributed by atoms with Gasteiger partial charge in [-0.2, -0.15) is 16.9 Å². The molecule has 0 aromatic carbocycles. The molecule has 14 heavy (non-hydrogen) atoms. The van der Waals surface area contributed by atoms with Crippen molar-refractivity contribution in [3.8, 4) is 0 Å². The number of nitrogens with zero attached hydrogens (tertiary/aromatic N) is 1. The minimum Gasteiger partial charge on any atom is -0.461 e. The summed E-state index contributed by atoms with van der Waals surface area (Å²) in [6.45, 7) is 2.20. The zero-order chi connectivity index (χ0) is 9.97. The Morgan fingerprint density at radius 3 is 3.36 bits per heavy atom. The highest BCUT2D eigenvalue weighted by atomic mass is 32.2. The minimum absolute atomic E-state index is 0.308. The van der Waals surface area contributed by atoms with Gasteiger partial charge in [0, 0.05) is 17.0 Å². The van der Waals surface area contributed by atoms with Crippen molar-refractivity contribution >= 4 is 17.7 Å². The highest BCUT2D eigenvalue weighted by Gasteiger charge is 2.22. The lowest BCUT2D eigenvalue weighted by atomic mass is 10.1. The normalized spacial score (nSPS) is 14.9. The summed E-state index contributed by atoms with van der Waals surface area (Å²) in [7, 11) is 0. The van der Waals surface area contributed by atoms with Crippen LogP contribution in [-0.2, 0) is 16.9 Å². The lowest BCUT2D eigenvalue weighted by molar-refractivity contribution is 0.0518. The van der Waals surface area contributed by atoms with Crippen LogP contribution < -0.4 is 0 Å². The number of aromatic nitrogens is 2. The summed E-state index contributed by atoms with van der Waals surface area (Å²) in [5.74, 6) is 1.66. The Morgan fingerprint density at radius 1 is 1.71 bits per heavy atom. The fourth-order valence-electron chi connectivity index (χ4n) is 1.51. The third-order valence-electron chi connectivity index (χ3n) is 2.16. The van der Waals surface area contributed by atoms with Crippen molar-refractivity contribution in [3.63, 3.8) is 0 Å². The van der Waals surface area contributed by atoms with Crippen LogP contribution in [-0.4, -0.2) is 28.5 Å². The first-order valence-electron chi connectivity index (χ1n) is 4.64. The molecule has 0 atom stereocenters. The van der Waals surface area contributed by atoms with Gasteiger partial charge in [-0.25, -0.2) is 4.79 Å². The molecule has 1 aromatic heterocycles. The zero-order valence-electron chi connectivity index (χ0n) is 8.00. The van der Waals surface area contributed by atoms with Gasteiger partial charge in [0.05, 0.1) is 6.61 Å². The molecule has 5 heteroatoms. The molecule has 0 amide bonds. The van der Waals surface area contributed by atoms with Gasteiger partial charge in [0.2, 0.25) is 0 Å². The fourth-order valence-corrected chi connectivity index (χ4v) is 2.44. The maximum atomic E-state index is 11.5. The minimum atomic E-state index is -0.308. The van der Waals surface area contributed by atoms with E-state index in [2.05, 4.69) is 10.2 Å². The highest BCUT2D eigenvalue weighted by molar-refractivity contribution is 7.98.